The van der Waals surface area contributed by atoms with E-state index in [-0.39, 0.29) is 59.1 Å². The van der Waals surface area contributed by atoms with Gasteiger partial charge in [0.15, 0.2) is 0 Å². The molecule has 0 saturated carbocycles. The van der Waals surface area contributed by atoms with E-state index in [1.807, 2.05) is 0 Å². The summed E-state index contributed by atoms with van der Waals surface area (Å²) in [6.07, 6.45) is 7.14. The quantitative estimate of drug-likeness (QED) is 0.305. The molecule has 0 rings (SSSR count). The molecule has 0 aromatic rings. The number of hydrogen-bond acceptors (Lipinski definition) is 2. The molecule has 0 amide bonds. The van der Waals surface area contributed by atoms with E-state index in [2.05, 4.69) is 6.92 Å². The van der Waals surface area contributed by atoms with Crippen molar-refractivity contribution in [3.8, 4) is 0 Å². The monoisotopic (exact) mass is 202 g/mol. The van der Waals surface area contributed by atoms with Gasteiger partial charge in [-0.1, -0.05) is 45.4 Å². The number of hydrogen-bond donors (Lipinski definition) is 0. The van der Waals surface area contributed by atoms with E-state index >= 15 is 0 Å². The molecule has 0 N–H and O–H groups in total. The van der Waals surface area contributed by atoms with Crippen LogP contribution in [0.2, 0.25) is 6.32 Å². The summed E-state index contributed by atoms with van der Waals surface area (Å²) in [6, 6.07) is 0. The van der Waals surface area contributed by atoms with Crippen LogP contribution in [0.1, 0.15) is 45.4 Å². The minimum Gasteiger partial charge on any atom is -0.893 e. The zero-order valence-corrected chi connectivity index (χ0v) is 13.3. The molecular weight excluding hydrogens is 185 g/mol. The molecule has 2 nitrogen and oxygen atoms in total. The maximum absolute atomic E-state index is 10.1. The Hall–Kier alpha value is 1.98. The van der Waals surface area contributed by atoms with Crippen LogP contribution in [0, 0.1) is 0 Å². The van der Waals surface area contributed by atoms with Crippen LogP contribution in [0.25, 0.3) is 0 Å². The molecule has 0 saturated heterocycles. The smallest absolute Gasteiger partial charge is 0.893 e. The first-order valence-electron chi connectivity index (χ1n) is 4.59. The van der Waals surface area contributed by atoms with Gasteiger partial charge in [0.05, 0.1) is 0 Å². The molecule has 13 heavy (non-hydrogen) atoms. The van der Waals surface area contributed by atoms with Crippen LogP contribution in [0.5, 0.6) is 0 Å². The van der Waals surface area contributed by atoms with Crippen LogP contribution in [-0.4, -0.2) is 7.12 Å². The Morgan fingerprint density at radius 2 is 1.31 bits per heavy atom. The van der Waals surface area contributed by atoms with Crippen LogP contribution >= 0.6 is 0 Å². The molecule has 5 heteroatoms. The minimum atomic E-state index is -1.60. The topological polar surface area (TPSA) is 46.1 Å². The molecule has 0 bridgehead atoms. The van der Waals surface area contributed by atoms with E-state index in [0.29, 0.717) is 6.32 Å². The summed E-state index contributed by atoms with van der Waals surface area (Å²) >= 11 is 0. The number of unbranched alkanes of at least 4 members (excludes halogenated alkanes) is 5. The van der Waals surface area contributed by atoms with Crippen LogP contribution in [-0.2, 0) is 0 Å². The second-order valence-electron chi connectivity index (χ2n) is 2.99. The van der Waals surface area contributed by atoms with Crippen LogP contribution in [0.3, 0.4) is 0 Å². The Balaban J connectivity index is -0.000000500. The summed E-state index contributed by atoms with van der Waals surface area (Å²) < 4.78 is 0. The van der Waals surface area contributed by atoms with Crippen LogP contribution in [0.15, 0.2) is 0 Å². The first kappa shape index (κ1) is 20.4. The average molecular weight is 202 g/mol. The van der Waals surface area contributed by atoms with E-state index in [4.69, 9.17) is 0 Å². The van der Waals surface area contributed by atoms with Gasteiger partial charge in [-0.2, -0.15) is 0 Å². The Morgan fingerprint density at radius 3 is 1.77 bits per heavy atom. The van der Waals surface area contributed by atoms with E-state index < -0.39 is 7.12 Å². The van der Waals surface area contributed by atoms with Crippen LogP contribution < -0.4 is 69.2 Å². The third kappa shape index (κ3) is 20.1. The van der Waals surface area contributed by atoms with Crippen molar-refractivity contribution in [2.24, 2.45) is 0 Å². The Labute approximate surface area is 127 Å². The first-order valence-corrected chi connectivity index (χ1v) is 4.59. The summed E-state index contributed by atoms with van der Waals surface area (Å²) in [5.41, 5.74) is 0. The van der Waals surface area contributed by atoms with Gasteiger partial charge in [0.2, 0.25) is 0 Å². The van der Waals surface area contributed by atoms with E-state index in [0.717, 1.165) is 12.8 Å². The third-order valence-electron chi connectivity index (χ3n) is 1.79. The maximum Gasteiger partial charge on any atom is 1.00 e. The molecule has 0 spiro atoms. The molecule has 66 valence electrons. The standard InChI is InChI=1S/C8H17BO2.2Na/c1-2-3-4-5-6-7-8-9(10)11;;/h2-8H2,1H3;;/q-2;2*+1. The molecule has 0 heterocycles. The van der Waals surface area contributed by atoms with Crippen molar-refractivity contribution in [3.05, 3.63) is 0 Å². The SMILES string of the molecule is CCCCCCCCB([O-])[O-].[Na+].[Na+]. The van der Waals surface area contributed by atoms with Gasteiger partial charge in [-0.3, -0.25) is 0 Å². The van der Waals surface area contributed by atoms with Gasteiger partial charge >= 0.3 is 59.1 Å². The van der Waals surface area contributed by atoms with Crippen molar-refractivity contribution < 1.29 is 69.2 Å². The molecule has 0 aliphatic heterocycles. The van der Waals surface area contributed by atoms with E-state index in [1.165, 1.54) is 25.7 Å². The summed E-state index contributed by atoms with van der Waals surface area (Å²) in [7, 11) is -1.60. The van der Waals surface area contributed by atoms with Gasteiger partial charge in [-0.25, -0.2) is 0 Å². The average Bonchev–Trinajstić information content (AvgIpc) is 1.96. The van der Waals surface area contributed by atoms with E-state index in [9.17, 15) is 10.0 Å². The molecule has 0 unspecified atom stereocenters. The molecule has 0 radical (unpaired) electrons. The fraction of sp³-hybridized carbons (Fsp3) is 1.00. The first-order chi connectivity index (χ1) is 5.27. The Morgan fingerprint density at radius 1 is 0.846 bits per heavy atom. The van der Waals surface area contributed by atoms with Gasteiger partial charge in [0.25, 0.3) is 0 Å². The van der Waals surface area contributed by atoms with Crippen molar-refractivity contribution in [2.45, 2.75) is 51.8 Å². The van der Waals surface area contributed by atoms with Gasteiger partial charge in [0.1, 0.15) is 0 Å². The van der Waals surface area contributed by atoms with Crippen molar-refractivity contribution in [3.63, 3.8) is 0 Å². The second-order valence-corrected chi connectivity index (χ2v) is 2.99. The second kappa shape index (κ2) is 16.4. The number of rotatable bonds is 7. The third-order valence-corrected chi connectivity index (χ3v) is 1.79. The van der Waals surface area contributed by atoms with Gasteiger partial charge in [-0.05, 0) is 0 Å². The molecule has 0 aromatic carbocycles. The van der Waals surface area contributed by atoms with Gasteiger partial charge in [-0.15, -0.1) is 13.4 Å². The predicted molar refractivity (Wildman–Crippen MR) is 43.9 cm³/mol. The molecule has 0 fully saturated rings. The fourth-order valence-corrected chi connectivity index (χ4v) is 1.09. The van der Waals surface area contributed by atoms with Gasteiger partial charge in [0, 0.05) is 0 Å². The zero-order valence-electron chi connectivity index (χ0n) is 9.34. The van der Waals surface area contributed by atoms with Crippen molar-refractivity contribution in [1.29, 1.82) is 0 Å². The summed E-state index contributed by atoms with van der Waals surface area (Å²) in [6.45, 7) is 2.17. The Bertz CT molecular complexity index is 84.5. The molecular formula is C8H17BNa2O2. The largest absolute Gasteiger partial charge is 1.00 e. The fourth-order valence-electron chi connectivity index (χ4n) is 1.09. The summed E-state index contributed by atoms with van der Waals surface area (Å²) in [5.74, 6) is 0. The van der Waals surface area contributed by atoms with Crippen molar-refractivity contribution >= 4 is 7.12 Å². The summed E-state index contributed by atoms with van der Waals surface area (Å²) in [4.78, 5) is 0. The van der Waals surface area contributed by atoms with Gasteiger partial charge < -0.3 is 10.0 Å². The normalized spacial score (nSPS) is 8.54. The molecule has 0 atom stereocenters. The zero-order chi connectivity index (χ0) is 8.53. The van der Waals surface area contributed by atoms with Crippen LogP contribution in [0.4, 0.5) is 0 Å². The predicted octanol–water partition coefficient (Wildman–Crippen LogP) is -5.44. The molecule has 0 aromatic heterocycles. The van der Waals surface area contributed by atoms with Crippen molar-refractivity contribution in [1.82, 2.24) is 0 Å². The Kier molecular flexibility index (Phi) is 25.8. The minimum absolute atomic E-state index is 0. The maximum atomic E-state index is 10.1. The van der Waals surface area contributed by atoms with Crippen molar-refractivity contribution in [2.75, 3.05) is 0 Å². The molecule has 0 aliphatic rings. The van der Waals surface area contributed by atoms with E-state index in [1.54, 1.807) is 0 Å². The molecule has 0 aliphatic carbocycles. The summed E-state index contributed by atoms with van der Waals surface area (Å²) in [5, 5.41) is 20.1.